The molecule has 9 nitrogen and oxygen atoms in total. The maximum absolute atomic E-state index is 12.9. The van der Waals surface area contributed by atoms with E-state index in [1.165, 1.54) is 59.7 Å². The van der Waals surface area contributed by atoms with Crippen LogP contribution in [0.25, 0.3) is 0 Å². The first kappa shape index (κ1) is 24.2. The van der Waals surface area contributed by atoms with E-state index in [1.807, 2.05) is 0 Å². The van der Waals surface area contributed by atoms with Gasteiger partial charge in [0, 0.05) is 19.7 Å². The van der Waals surface area contributed by atoms with Crippen molar-refractivity contribution in [1.29, 1.82) is 0 Å². The Morgan fingerprint density at radius 1 is 1.00 bits per heavy atom. The molecule has 1 atom stereocenters. The summed E-state index contributed by atoms with van der Waals surface area (Å²) in [5.74, 6) is -0.136. The van der Waals surface area contributed by atoms with Crippen LogP contribution in [0.3, 0.4) is 0 Å². The lowest BCUT2D eigenvalue weighted by Gasteiger charge is -2.20. The summed E-state index contributed by atoms with van der Waals surface area (Å²) in [5, 5.41) is 2.77. The lowest BCUT2D eigenvalue weighted by Crippen LogP contribution is -2.31. The van der Waals surface area contributed by atoms with Gasteiger partial charge in [0.25, 0.3) is 5.91 Å². The highest BCUT2D eigenvalue weighted by Gasteiger charge is 2.23. The van der Waals surface area contributed by atoms with Crippen LogP contribution in [0.4, 0.5) is 0 Å². The largest absolute Gasteiger partial charge is 0.493 e. The number of nitrogens with one attached hydrogen (secondary N) is 1. The molecule has 168 valence electrons. The highest BCUT2D eigenvalue weighted by atomic mass is 32.2. The second-order valence-electron chi connectivity index (χ2n) is 6.74. The molecule has 31 heavy (non-hydrogen) atoms. The zero-order chi connectivity index (χ0) is 23.2. The summed E-state index contributed by atoms with van der Waals surface area (Å²) >= 11 is 0. The van der Waals surface area contributed by atoms with E-state index in [-0.39, 0.29) is 16.9 Å². The first-order valence-corrected chi connectivity index (χ1v) is 10.7. The topological polar surface area (TPSA) is 111 Å². The van der Waals surface area contributed by atoms with Gasteiger partial charge in [-0.3, -0.25) is 9.59 Å². The van der Waals surface area contributed by atoms with Crippen LogP contribution in [-0.2, 0) is 19.6 Å². The monoisotopic (exact) mass is 450 g/mol. The molecular weight excluding hydrogens is 424 g/mol. The van der Waals surface area contributed by atoms with Crippen molar-refractivity contribution in [3.63, 3.8) is 0 Å². The van der Waals surface area contributed by atoms with Gasteiger partial charge in [0.2, 0.25) is 10.0 Å². The Kier molecular flexibility index (Phi) is 8.01. The van der Waals surface area contributed by atoms with Crippen LogP contribution in [0.1, 0.15) is 28.4 Å². The van der Waals surface area contributed by atoms with E-state index in [1.54, 1.807) is 18.2 Å². The number of sulfonamides is 1. The van der Waals surface area contributed by atoms with Gasteiger partial charge in [-0.2, -0.15) is 0 Å². The van der Waals surface area contributed by atoms with E-state index in [0.29, 0.717) is 17.1 Å². The Morgan fingerprint density at radius 3 is 2.26 bits per heavy atom. The fourth-order valence-electron chi connectivity index (χ4n) is 2.82. The van der Waals surface area contributed by atoms with Crippen molar-refractivity contribution >= 4 is 21.9 Å². The molecule has 1 amide bonds. The summed E-state index contributed by atoms with van der Waals surface area (Å²) in [7, 11) is 3.35. The molecule has 0 saturated heterocycles. The van der Waals surface area contributed by atoms with Gasteiger partial charge in [-0.1, -0.05) is 12.1 Å². The Labute approximate surface area is 182 Å². The number of carbonyl (C=O) groups excluding carboxylic acids is 2. The van der Waals surface area contributed by atoms with Gasteiger partial charge in [0.05, 0.1) is 38.7 Å². The van der Waals surface area contributed by atoms with Crippen molar-refractivity contribution in [3.05, 3.63) is 53.6 Å². The molecule has 2 rings (SSSR count). The number of amides is 1. The SMILES string of the molecule is COC(=O)CC(NC(=O)c1cccc(S(=O)(=O)N(C)C)c1)c1ccc(OC)c(OC)c1. The number of carbonyl (C=O) groups is 2. The number of benzene rings is 2. The molecular formula is C21H26N2O7S. The maximum Gasteiger partial charge on any atom is 0.307 e. The van der Waals surface area contributed by atoms with Gasteiger partial charge >= 0.3 is 5.97 Å². The average molecular weight is 451 g/mol. The van der Waals surface area contributed by atoms with Gasteiger partial charge in [0.15, 0.2) is 11.5 Å². The fourth-order valence-corrected chi connectivity index (χ4v) is 3.77. The van der Waals surface area contributed by atoms with E-state index in [0.717, 1.165) is 4.31 Å². The number of esters is 1. The van der Waals surface area contributed by atoms with Gasteiger partial charge in [-0.05, 0) is 35.9 Å². The van der Waals surface area contributed by atoms with Crippen LogP contribution >= 0.6 is 0 Å². The van der Waals surface area contributed by atoms with E-state index < -0.39 is 27.9 Å². The minimum absolute atomic E-state index is 0.0132. The van der Waals surface area contributed by atoms with E-state index >= 15 is 0 Å². The highest BCUT2D eigenvalue weighted by Crippen LogP contribution is 2.31. The molecule has 0 aromatic heterocycles. The fraction of sp³-hybridized carbons (Fsp3) is 0.333. The lowest BCUT2D eigenvalue weighted by atomic mass is 10.0. The molecule has 0 bridgehead atoms. The van der Waals surface area contributed by atoms with E-state index in [4.69, 9.17) is 14.2 Å². The van der Waals surface area contributed by atoms with Crippen LogP contribution in [0.2, 0.25) is 0 Å². The average Bonchev–Trinajstić information content (AvgIpc) is 2.77. The minimum Gasteiger partial charge on any atom is -0.493 e. The third-order valence-electron chi connectivity index (χ3n) is 4.59. The molecule has 0 aliphatic carbocycles. The van der Waals surface area contributed by atoms with Gasteiger partial charge in [-0.15, -0.1) is 0 Å². The molecule has 1 N–H and O–H groups in total. The van der Waals surface area contributed by atoms with Gasteiger partial charge < -0.3 is 19.5 Å². The minimum atomic E-state index is -3.70. The molecule has 10 heteroatoms. The number of nitrogens with zero attached hydrogens (tertiary/aromatic N) is 1. The summed E-state index contributed by atoms with van der Waals surface area (Å²) in [6.45, 7) is 0. The summed E-state index contributed by atoms with van der Waals surface area (Å²) < 4.78 is 41.1. The zero-order valence-corrected chi connectivity index (χ0v) is 18.9. The van der Waals surface area contributed by atoms with Crippen molar-refractivity contribution in [2.45, 2.75) is 17.4 Å². The molecule has 0 saturated carbocycles. The summed E-state index contributed by atoms with van der Waals surface area (Å²) in [6.07, 6.45) is -0.132. The molecule has 2 aromatic carbocycles. The molecule has 0 fully saturated rings. The number of hydrogen-bond acceptors (Lipinski definition) is 7. The lowest BCUT2D eigenvalue weighted by molar-refractivity contribution is -0.141. The van der Waals surface area contributed by atoms with Crippen LogP contribution < -0.4 is 14.8 Å². The second kappa shape index (κ2) is 10.3. The Morgan fingerprint density at radius 2 is 1.68 bits per heavy atom. The first-order chi connectivity index (χ1) is 14.6. The molecule has 1 unspecified atom stereocenters. The van der Waals surface area contributed by atoms with E-state index in [2.05, 4.69) is 5.32 Å². The Bertz CT molecular complexity index is 1050. The Balaban J connectivity index is 2.38. The zero-order valence-electron chi connectivity index (χ0n) is 18.0. The van der Waals surface area contributed by atoms with Crippen LogP contribution in [0, 0.1) is 0 Å². The predicted octanol–water partition coefficient (Wildman–Crippen LogP) is 1.99. The van der Waals surface area contributed by atoms with Gasteiger partial charge in [0.1, 0.15) is 0 Å². The first-order valence-electron chi connectivity index (χ1n) is 9.26. The molecule has 2 aromatic rings. The molecule has 0 spiro atoms. The number of rotatable bonds is 9. The van der Waals surface area contributed by atoms with Crippen LogP contribution in [-0.4, -0.2) is 60.0 Å². The van der Waals surface area contributed by atoms with Crippen LogP contribution in [0.15, 0.2) is 47.4 Å². The van der Waals surface area contributed by atoms with Crippen LogP contribution in [0.5, 0.6) is 11.5 Å². The molecule has 0 aliphatic heterocycles. The van der Waals surface area contributed by atoms with Gasteiger partial charge in [-0.25, -0.2) is 12.7 Å². The summed E-state index contributed by atoms with van der Waals surface area (Å²) in [4.78, 5) is 24.8. The van der Waals surface area contributed by atoms with Crippen molar-refractivity contribution < 1.29 is 32.2 Å². The molecule has 0 heterocycles. The molecule has 0 radical (unpaired) electrons. The van der Waals surface area contributed by atoms with E-state index in [9.17, 15) is 18.0 Å². The Hall–Kier alpha value is -3.11. The summed E-state index contributed by atoms with van der Waals surface area (Å²) in [5.41, 5.74) is 0.728. The van der Waals surface area contributed by atoms with Crippen molar-refractivity contribution in [1.82, 2.24) is 9.62 Å². The predicted molar refractivity (Wildman–Crippen MR) is 114 cm³/mol. The third kappa shape index (κ3) is 5.74. The normalized spacial score (nSPS) is 12.2. The quantitative estimate of drug-likeness (QED) is 0.582. The second-order valence-corrected chi connectivity index (χ2v) is 8.89. The standard InChI is InChI=1S/C21H26N2O7S/c1-23(2)31(26,27)16-8-6-7-15(11-16)21(25)22-17(13-20(24)30-5)14-9-10-18(28-3)19(12-14)29-4/h6-12,17H,13H2,1-5H3,(H,22,25). The van der Waals surface area contributed by atoms with Crippen molar-refractivity contribution in [2.24, 2.45) is 0 Å². The third-order valence-corrected chi connectivity index (χ3v) is 6.40. The smallest absolute Gasteiger partial charge is 0.307 e. The number of ether oxygens (including phenoxy) is 3. The molecule has 0 aliphatic rings. The number of methoxy groups -OCH3 is 3. The number of hydrogen-bond donors (Lipinski definition) is 1. The summed E-state index contributed by atoms with van der Waals surface area (Å²) in [6, 6.07) is 9.94. The van der Waals surface area contributed by atoms with Crippen molar-refractivity contribution in [3.8, 4) is 11.5 Å². The highest BCUT2D eigenvalue weighted by molar-refractivity contribution is 7.89. The van der Waals surface area contributed by atoms with Crippen molar-refractivity contribution in [2.75, 3.05) is 35.4 Å². The maximum atomic E-state index is 12.9.